The topological polar surface area (TPSA) is 58.6 Å². The smallest absolute Gasteiger partial charge is 0.246 e. The highest BCUT2D eigenvalue weighted by molar-refractivity contribution is 5.92. The molecule has 1 amide bonds. The van der Waals surface area contributed by atoms with E-state index in [2.05, 4.69) is 11.9 Å². The van der Waals surface area contributed by atoms with Gasteiger partial charge in [-0.1, -0.05) is 13.5 Å². The van der Waals surface area contributed by atoms with E-state index >= 15 is 0 Å². The zero-order valence-corrected chi connectivity index (χ0v) is 8.88. The molecule has 0 fully saturated rings. The molecule has 82 valence electrons. The number of aliphatic hydroxyl groups is 1. The lowest BCUT2D eigenvalue weighted by molar-refractivity contribution is -0.118. The van der Waals surface area contributed by atoms with E-state index in [9.17, 15) is 9.90 Å². The Balaban J connectivity index is 3.48. The number of rotatable bonds is 7. The van der Waals surface area contributed by atoms with E-state index in [0.717, 1.165) is 6.42 Å². The summed E-state index contributed by atoms with van der Waals surface area (Å²) < 4.78 is 5.11. The summed E-state index contributed by atoms with van der Waals surface area (Å²) in [6.45, 7) is 8.19. The lowest BCUT2D eigenvalue weighted by atomic mass is 10.3. The Labute approximate surface area is 85.0 Å². The van der Waals surface area contributed by atoms with Crippen molar-refractivity contribution in [3.63, 3.8) is 0 Å². The molecule has 0 radical (unpaired) electrons. The SMILES string of the molecule is C=C(C)C(=O)NCC(O)COCCC. The van der Waals surface area contributed by atoms with Gasteiger partial charge in [-0.25, -0.2) is 0 Å². The first-order valence-corrected chi connectivity index (χ1v) is 4.77. The van der Waals surface area contributed by atoms with Gasteiger partial charge in [-0.05, 0) is 13.3 Å². The normalized spacial score (nSPS) is 12.2. The molecule has 0 saturated carbocycles. The summed E-state index contributed by atoms with van der Waals surface area (Å²) in [5.74, 6) is -0.237. The molecule has 0 rings (SSSR count). The maximum atomic E-state index is 11.0. The Hall–Kier alpha value is -0.870. The number of carbonyl (C=O) groups excluding carboxylic acids is 1. The van der Waals surface area contributed by atoms with Gasteiger partial charge in [0.15, 0.2) is 0 Å². The minimum atomic E-state index is -0.648. The monoisotopic (exact) mass is 201 g/mol. The molecule has 4 nitrogen and oxygen atoms in total. The Morgan fingerprint density at radius 3 is 2.79 bits per heavy atom. The Morgan fingerprint density at radius 1 is 1.64 bits per heavy atom. The van der Waals surface area contributed by atoms with Crippen LogP contribution < -0.4 is 5.32 Å². The van der Waals surface area contributed by atoms with Crippen LogP contribution in [0.25, 0.3) is 0 Å². The zero-order valence-electron chi connectivity index (χ0n) is 8.88. The average molecular weight is 201 g/mol. The van der Waals surface area contributed by atoms with Crippen LogP contribution in [0.15, 0.2) is 12.2 Å². The average Bonchev–Trinajstić information content (AvgIpc) is 2.14. The molecule has 0 saturated heterocycles. The van der Waals surface area contributed by atoms with Crippen LogP contribution in [0.2, 0.25) is 0 Å². The minimum absolute atomic E-state index is 0.204. The molecular formula is C10H19NO3. The van der Waals surface area contributed by atoms with E-state index in [4.69, 9.17) is 4.74 Å². The van der Waals surface area contributed by atoms with Crippen LogP contribution in [0, 0.1) is 0 Å². The summed E-state index contributed by atoms with van der Waals surface area (Å²) in [6, 6.07) is 0. The second-order valence-corrected chi connectivity index (χ2v) is 3.22. The van der Waals surface area contributed by atoms with Crippen molar-refractivity contribution in [1.82, 2.24) is 5.32 Å². The summed E-state index contributed by atoms with van der Waals surface area (Å²) in [6.07, 6.45) is 0.273. The van der Waals surface area contributed by atoms with Crippen LogP contribution in [0.5, 0.6) is 0 Å². The first-order chi connectivity index (χ1) is 6.57. The highest BCUT2D eigenvalue weighted by atomic mass is 16.5. The van der Waals surface area contributed by atoms with Crippen LogP contribution in [0.3, 0.4) is 0 Å². The van der Waals surface area contributed by atoms with Gasteiger partial charge in [0.1, 0.15) is 0 Å². The van der Waals surface area contributed by atoms with Crippen LogP contribution in [-0.4, -0.2) is 36.9 Å². The summed E-state index contributed by atoms with van der Waals surface area (Å²) in [5, 5.41) is 11.9. The molecule has 1 atom stereocenters. The fourth-order valence-corrected chi connectivity index (χ4v) is 0.784. The first-order valence-electron chi connectivity index (χ1n) is 4.77. The van der Waals surface area contributed by atoms with Crippen LogP contribution in [-0.2, 0) is 9.53 Å². The Morgan fingerprint density at radius 2 is 2.29 bits per heavy atom. The van der Waals surface area contributed by atoms with E-state index in [1.807, 2.05) is 6.92 Å². The largest absolute Gasteiger partial charge is 0.389 e. The van der Waals surface area contributed by atoms with Gasteiger partial charge in [0.2, 0.25) is 5.91 Å². The third kappa shape index (κ3) is 6.62. The highest BCUT2D eigenvalue weighted by Gasteiger charge is 2.06. The molecule has 0 spiro atoms. The molecule has 14 heavy (non-hydrogen) atoms. The number of amides is 1. The zero-order chi connectivity index (χ0) is 11.0. The molecule has 0 aromatic carbocycles. The summed E-state index contributed by atoms with van der Waals surface area (Å²) >= 11 is 0. The van der Waals surface area contributed by atoms with Crippen LogP contribution in [0.4, 0.5) is 0 Å². The second-order valence-electron chi connectivity index (χ2n) is 3.22. The molecule has 0 aromatic heterocycles. The number of hydrogen-bond acceptors (Lipinski definition) is 3. The van der Waals surface area contributed by atoms with Crippen molar-refractivity contribution < 1.29 is 14.6 Å². The van der Waals surface area contributed by atoms with Gasteiger partial charge in [-0.15, -0.1) is 0 Å². The van der Waals surface area contributed by atoms with E-state index < -0.39 is 6.10 Å². The summed E-state index contributed by atoms with van der Waals surface area (Å²) in [4.78, 5) is 11.0. The van der Waals surface area contributed by atoms with Crippen LogP contribution in [0.1, 0.15) is 20.3 Å². The number of ether oxygens (including phenoxy) is 1. The number of hydrogen-bond donors (Lipinski definition) is 2. The number of nitrogens with one attached hydrogen (secondary N) is 1. The second kappa shape index (κ2) is 7.53. The lowest BCUT2D eigenvalue weighted by Crippen LogP contribution is -2.34. The van der Waals surface area contributed by atoms with Crippen molar-refractivity contribution in [3.05, 3.63) is 12.2 Å². The first kappa shape index (κ1) is 13.1. The molecule has 0 aromatic rings. The van der Waals surface area contributed by atoms with Gasteiger partial charge in [-0.3, -0.25) is 4.79 Å². The lowest BCUT2D eigenvalue weighted by Gasteiger charge is -2.11. The van der Waals surface area contributed by atoms with E-state index in [0.29, 0.717) is 12.2 Å². The van der Waals surface area contributed by atoms with E-state index in [-0.39, 0.29) is 19.1 Å². The third-order valence-electron chi connectivity index (χ3n) is 1.54. The van der Waals surface area contributed by atoms with Crippen molar-refractivity contribution >= 4 is 5.91 Å². The van der Waals surface area contributed by atoms with Gasteiger partial charge in [0.25, 0.3) is 0 Å². The van der Waals surface area contributed by atoms with Crippen LogP contribution >= 0.6 is 0 Å². The predicted octanol–water partition coefficient (Wildman–Crippen LogP) is 0.466. The van der Waals surface area contributed by atoms with Gasteiger partial charge >= 0.3 is 0 Å². The molecule has 0 bridgehead atoms. The summed E-state index contributed by atoms with van der Waals surface area (Å²) in [5.41, 5.74) is 0.437. The van der Waals surface area contributed by atoms with E-state index in [1.54, 1.807) is 6.92 Å². The van der Waals surface area contributed by atoms with Gasteiger partial charge < -0.3 is 15.2 Å². The van der Waals surface area contributed by atoms with Crippen molar-refractivity contribution in [2.75, 3.05) is 19.8 Å². The molecule has 2 N–H and O–H groups in total. The quantitative estimate of drug-likeness (QED) is 0.465. The fraction of sp³-hybridized carbons (Fsp3) is 0.700. The molecule has 4 heteroatoms. The van der Waals surface area contributed by atoms with Crippen molar-refractivity contribution in [2.24, 2.45) is 0 Å². The fourth-order valence-electron chi connectivity index (χ4n) is 0.784. The minimum Gasteiger partial charge on any atom is -0.389 e. The molecule has 0 heterocycles. The maximum Gasteiger partial charge on any atom is 0.246 e. The highest BCUT2D eigenvalue weighted by Crippen LogP contribution is 1.89. The molecule has 0 aliphatic carbocycles. The van der Waals surface area contributed by atoms with Crippen molar-refractivity contribution in [1.29, 1.82) is 0 Å². The molecule has 0 aliphatic rings. The maximum absolute atomic E-state index is 11.0. The summed E-state index contributed by atoms with van der Waals surface area (Å²) in [7, 11) is 0. The van der Waals surface area contributed by atoms with Crippen molar-refractivity contribution in [3.8, 4) is 0 Å². The molecule has 0 aliphatic heterocycles. The van der Waals surface area contributed by atoms with Crippen molar-refractivity contribution in [2.45, 2.75) is 26.4 Å². The van der Waals surface area contributed by atoms with Gasteiger partial charge in [0, 0.05) is 18.7 Å². The Kier molecular flexibility index (Phi) is 7.06. The van der Waals surface area contributed by atoms with E-state index in [1.165, 1.54) is 0 Å². The number of aliphatic hydroxyl groups excluding tert-OH is 1. The number of carbonyl (C=O) groups is 1. The molecule has 1 unspecified atom stereocenters. The predicted molar refractivity (Wildman–Crippen MR) is 54.9 cm³/mol. The standard InChI is InChI=1S/C10H19NO3/c1-4-5-14-7-9(12)6-11-10(13)8(2)3/h9,12H,2,4-7H2,1,3H3,(H,11,13). The Bertz CT molecular complexity index is 192. The molecular weight excluding hydrogens is 182 g/mol. The van der Waals surface area contributed by atoms with Gasteiger partial charge in [-0.2, -0.15) is 0 Å². The van der Waals surface area contributed by atoms with Gasteiger partial charge in [0.05, 0.1) is 12.7 Å². The third-order valence-corrected chi connectivity index (χ3v) is 1.54.